The number of amides is 2. The molecule has 8 heteroatoms. The molecule has 1 saturated heterocycles. The molecule has 0 atom stereocenters. The fourth-order valence-corrected chi connectivity index (χ4v) is 4.35. The number of nitrogens with zero attached hydrogens (tertiary/aromatic N) is 2. The number of benzene rings is 2. The number of carbonyl (C=O) groups excluding carboxylic acids is 1. The van der Waals surface area contributed by atoms with E-state index >= 15 is 0 Å². The van der Waals surface area contributed by atoms with E-state index in [1.165, 1.54) is 0 Å². The van der Waals surface area contributed by atoms with E-state index < -0.39 is 6.61 Å². The van der Waals surface area contributed by atoms with Gasteiger partial charge in [-0.1, -0.05) is 29.8 Å². The second kappa shape index (κ2) is 9.18. The molecule has 2 aliphatic rings. The minimum Gasteiger partial charge on any atom is -0.434 e. The van der Waals surface area contributed by atoms with Crippen molar-refractivity contribution < 1.29 is 18.3 Å². The predicted octanol–water partition coefficient (Wildman–Crippen LogP) is 4.68. The van der Waals surface area contributed by atoms with Crippen LogP contribution in [-0.4, -0.2) is 43.2 Å². The lowest BCUT2D eigenvalue weighted by molar-refractivity contribution is -0.0508. The van der Waals surface area contributed by atoms with Crippen molar-refractivity contribution in [2.75, 3.05) is 24.5 Å². The molecular weight excluding hydrogens is 412 g/mol. The second-order valence-electron chi connectivity index (χ2n) is 7.66. The number of halogens is 3. The van der Waals surface area contributed by atoms with Crippen molar-refractivity contribution in [3.63, 3.8) is 0 Å². The average molecular weight is 436 g/mol. The lowest BCUT2D eigenvalue weighted by Gasteiger charge is -2.33. The number of para-hydroxylation sites is 1. The molecule has 2 amide bonds. The standard InChI is InChI=1S/C22H24ClF2N3O2/c23-17-5-6-19-15(13-17)7-12-28(19)22(29)26-18-8-10-27(11-9-18)14-16-3-1-2-4-20(16)30-21(24)25/h1-6,13,18,21H,7-12,14H2,(H,26,29). The van der Waals surface area contributed by atoms with Crippen molar-refractivity contribution in [3.8, 4) is 5.75 Å². The van der Waals surface area contributed by atoms with Gasteiger partial charge in [0.15, 0.2) is 0 Å². The summed E-state index contributed by atoms with van der Waals surface area (Å²) < 4.78 is 29.8. The van der Waals surface area contributed by atoms with Gasteiger partial charge in [0, 0.05) is 48.5 Å². The Morgan fingerprint density at radius 2 is 1.93 bits per heavy atom. The van der Waals surface area contributed by atoms with Gasteiger partial charge >= 0.3 is 12.6 Å². The largest absolute Gasteiger partial charge is 0.434 e. The molecule has 2 heterocycles. The van der Waals surface area contributed by atoms with E-state index in [1.807, 2.05) is 24.3 Å². The number of carbonyl (C=O) groups is 1. The summed E-state index contributed by atoms with van der Waals surface area (Å²) in [6.45, 7) is -0.0790. The number of rotatable bonds is 5. The highest BCUT2D eigenvalue weighted by atomic mass is 35.5. The van der Waals surface area contributed by atoms with E-state index in [2.05, 4.69) is 15.0 Å². The number of alkyl halides is 2. The first-order valence-corrected chi connectivity index (χ1v) is 10.5. The molecule has 30 heavy (non-hydrogen) atoms. The topological polar surface area (TPSA) is 44.8 Å². The van der Waals surface area contributed by atoms with Crippen LogP contribution in [0.25, 0.3) is 0 Å². The smallest absolute Gasteiger partial charge is 0.387 e. The molecule has 4 rings (SSSR count). The maximum atomic E-state index is 12.8. The zero-order valence-corrected chi connectivity index (χ0v) is 17.2. The minimum absolute atomic E-state index is 0.0785. The fourth-order valence-electron chi connectivity index (χ4n) is 4.16. The Hall–Kier alpha value is -2.38. The van der Waals surface area contributed by atoms with Gasteiger partial charge in [-0.25, -0.2) is 4.79 Å². The van der Waals surface area contributed by atoms with E-state index in [0.29, 0.717) is 18.1 Å². The Balaban J connectivity index is 1.29. The second-order valence-corrected chi connectivity index (χ2v) is 8.10. The van der Waals surface area contributed by atoms with Gasteiger partial charge in [0.25, 0.3) is 0 Å². The summed E-state index contributed by atoms with van der Waals surface area (Å²) in [6, 6.07) is 12.5. The molecule has 0 radical (unpaired) electrons. The molecule has 160 valence electrons. The summed E-state index contributed by atoms with van der Waals surface area (Å²) in [4.78, 5) is 16.7. The molecule has 2 aromatic rings. The number of hydrogen-bond acceptors (Lipinski definition) is 3. The first-order chi connectivity index (χ1) is 14.5. The van der Waals surface area contributed by atoms with Gasteiger partial charge in [0.05, 0.1) is 0 Å². The van der Waals surface area contributed by atoms with Crippen LogP contribution in [0.15, 0.2) is 42.5 Å². The molecule has 1 N–H and O–H groups in total. The van der Waals surface area contributed by atoms with Crippen LogP contribution in [-0.2, 0) is 13.0 Å². The number of ether oxygens (including phenoxy) is 1. The molecule has 5 nitrogen and oxygen atoms in total. The average Bonchev–Trinajstić information content (AvgIpc) is 3.13. The first kappa shape index (κ1) is 20.9. The number of piperidine rings is 1. The maximum Gasteiger partial charge on any atom is 0.387 e. The van der Waals surface area contributed by atoms with Crippen LogP contribution in [0, 0.1) is 0 Å². The van der Waals surface area contributed by atoms with Gasteiger partial charge < -0.3 is 10.1 Å². The number of fused-ring (bicyclic) bond motifs is 1. The third-order valence-electron chi connectivity index (χ3n) is 5.68. The zero-order valence-electron chi connectivity index (χ0n) is 16.5. The van der Waals surface area contributed by atoms with E-state index in [9.17, 15) is 13.6 Å². The Morgan fingerprint density at radius 1 is 1.17 bits per heavy atom. The van der Waals surface area contributed by atoms with Crippen molar-refractivity contribution >= 4 is 23.3 Å². The summed E-state index contributed by atoms with van der Waals surface area (Å²) >= 11 is 6.04. The van der Waals surface area contributed by atoms with Crippen molar-refractivity contribution in [2.45, 2.75) is 38.5 Å². The molecule has 2 aromatic carbocycles. The van der Waals surface area contributed by atoms with Crippen molar-refractivity contribution in [3.05, 3.63) is 58.6 Å². The van der Waals surface area contributed by atoms with Gasteiger partial charge in [-0.3, -0.25) is 9.80 Å². The fraction of sp³-hybridized carbons (Fsp3) is 0.409. The van der Waals surface area contributed by atoms with Gasteiger partial charge in [-0.05, 0) is 49.1 Å². The van der Waals surface area contributed by atoms with Crippen LogP contribution in [0.1, 0.15) is 24.0 Å². The van der Waals surface area contributed by atoms with Crippen LogP contribution in [0.5, 0.6) is 5.75 Å². The Morgan fingerprint density at radius 3 is 2.70 bits per heavy atom. The van der Waals surface area contributed by atoms with Crippen molar-refractivity contribution in [2.24, 2.45) is 0 Å². The molecule has 1 fully saturated rings. The van der Waals surface area contributed by atoms with Crippen molar-refractivity contribution in [1.82, 2.24) is 10.2 Å². The maximum absolute atomic E-state index is 12.8. The molecule has 0 spiro atoms. The van der Waals surface area contributed by atoms with E-state index in [-0.39, 0.29) is 17.8 Å². The number of hydrogen-bond donors (Lipinski definition) is 1. The molecule has 0 aromatic heterocycles. The summed E-state index contributed by atoms with van der Waals surface area (Å²) in [6.07, 6.45) is 2.43. The lowest BCUT2D eigenvalue weighted by atomic mass is 10.0. The molecule has 2 aliphatic heterocycles. The normalized spacial score (nSPS) is 17.3. The summed E-state index contributed by atoms with van der Waals surface area (Å²) in [5.74, 6) is 0.218. The minimum atomic E-state index is -2.83. The lowest BCUT2D eigenvalue weighted by Crippen LogP contribution is -2.48. The van der Waals surface area contributed by atoms with Crippen LogP contribution >= 0.6 is 11.6 Å². The zero-order chi connectivity index (χ0) is 21.1. The quantitative estimate of drug-likeness (QED) is 0.741. The van der Waals surface area contributed by atoms with Gasteiger partial charge in [0.2, 0.25) is 0 Å². The third-order valence-corrected chi connectivity index (χ3v) is 5.92. The monoisotopic (exact) mass is 435 g/mol. The summed E-state index contributed by atoms with van der Waals surface area (Å²) in [5, 5.41) is 3.83. The number of urea groups is 1. The Bertz CT molecular complexity index is 904. The van der Waals surface area contributed by atoms with E-state index in [1.54, 1.807) is 23.1 Å². The number of nitrogens with one attached hydrogen (secondary N) is 1. The van der Waals surface area contributed by atoms with E-state index in [0.717, 1.165) is 49.2 Å². The molecule has 0 aliphatic carbocycles. The number of anilines is 1. The number of likely N-dealkylation sites (tertiary alicyclic amines) is 1. The third kappa shape index (κ3) is 4.84. The van der Waals surface area contributed by atoms with Crippen LogP contribution in [0.4, 0.5) is 19.3 Å². The highest BCUT2D eigenvalue weighted by Gasteiger charge is 2.28. The highest BCUT2D eigenvalue weighted by Crippen LogP contribution is 2.30. The van der Waals surface area contributed by atoms with E-state index in [4.69, 9.17) is 11.6 Å². The molecule has 0 saturated carbocycles. The Labute approximate surface area is 179 Å². The highest BCUT2D eigenvalue weighted by molar-refractivity contribution is 6.30. The Kier molecular flexibility index (Phi) is 6.39. The van der Waals surface area contributed by atoms with Gasteiger partial charge in [-0.2, -0.15) is 8.78 Å². The summed E-state index contributed by atoms with van der Waals surface area (Å²) in [7, 11) is 0. The predicted molar refractivity (Wildman–Crippen MR) is 112 cm³/mol. The summed E-state index contributed by atoms with van der Waals surface area (Å²) in [5.41, 5.74) is 2.76. The van der Waals surface area contributed by atoms with Crippen LogP contribution in [0.3, 0.4) is 0 Å². The SMILES string of the molecule is O=C(NC1CCN(Cc2ccccc2OC(F)F)CC1)N1CCc2cc(Cl)ccc21. The van der Waals surface area contributed by atoms with Gasteiger partial charge in [-0.15, -0.1) is 0 Å². The first-order valence-electron chi connectivity index (χ1n) is 10.1. The molecule has 0 bridgehead atoms. The van der Waals surface area contributed by atoms with Crippen molar-refractivity contribution in [1.29, 1.82) is 0 Å². The molecular formula is C22H24ClF2N3O2. The van der Waals surface area contributed by atoms with Crippen LogP contribution in [0.2, 0.25) is 5.02 Å². The van der Waals surface area contributed by atoms with Crippen LogP contribution < -0.4 is 15.0 Å². The molecule has 0 unspecified atom stereocenters. The van der Waals surface area contributed by atoms with Gasteiger partial charge in [0.1, 0.15) is 5.75 Å².